The molecule has 1 atom stereocenters. The molecule has 2 aromatic rings. The highest BCUT2D eigenvalue weighted by Gasteiger charge is 2.29. The lowest BCUT2D eigenvalue weighted by Gasteiger charge is -2.32. The Morgan fingerprint density at radius 2 is 1.88 bits per heavy atom. The third kappa shape index (κ3) is 6.03. The SMILES string of the molecule is CC(C)[C@H](NC(=O)c1ccc([N+](=O)[O-])cc1Cl)C(=O)N(C)Cc1ccccc1N1CCOCC1. The second-order valence-corrected chi connectivity index (χ2v) is 8.95. The molecule has 3 rings (SSSR count). The molecule has 10 heteroatoms. The summed E-state index contributed by atoms with van der Waals surface area (Å²) < 4.78 is 5.45. The van der Waals surface area contributed by atoms with E-state index in [9.17, 15) is 19.7 Å². The van der Waals surface area contributed by atoms with Crippen LogP contribution in [0.25, 0.3) is 0 Å². The summed E-state index contributed by atoms with van der Waals surface area (Å²) in [5.74, 6) is -0.988. The zero-order valence-corrected chi connectivity index (χ0v) is 20.2. The molecule has 9 nitrogen and oxygen atoms in total. The van der Waals surface area contributed by atoms with Crippen LogP contribution in [0.3, 0.4) is 0 Å². The largest absolute Gasteiger partial charge is 0.378 e. The van der Waals surface area contributed by atoms with E-state index in [1.54, 1.807) is 11.9 Å². The molecule has 34 heavy (non-hydrogen) atoms. The van der Waals surface area contributed by atoms with E-state index in [1.165, 1.54) is 12.1 Å². The highest BCUT2D eigenvalue weighted by Crippen LogP contribution is 2.25. The second kappa shape index (κ2) is 11.3. The van der Waals surface area contributed by atoms with Gasteiger partial charge in [-0.2, -0.15) is 0 Å². The van der Waals surface area contributed by atoms with Gasteiger partial charge in [-0.15, -0.1) is 0 Å². The standard InChI is InChI=1S/C24H29ClN4O5/c1-16(2)22(26-23(30)19-9-8-18(29(32)33)14-20(19)25)24(31)27(3)15-17-6-4-5-7-21(17)28-10-12-34-13-11-28/h4-9,14,16,22H,10-13,15H2,1-3H3,(H,26,30)/t22-/m0/s1. The molecule has 1 N–H and O–H groups in total. The number of nitrogens with zero attached hydrogens (tertiary/aromatic N) is 3. The molecule has 1 fully saturated rings. The fraction of sp³-hybridized carbons (Fsp3) is 0.417. The monoisotopic (exact) mass is 488 g/mol. The quantitative estimate of drug-likeness (QED) is 0.450. The molecule has 0 saturated carbocycles. The van der Waals surface area contributed by atoms with Crippen LogP contribution in [0.1, 0.15) is 29.8 Å². The maximum atomic E-state index is 13.3. The highest BCUT2D eigenvalue weighted by atomic mass is 35.5. The molecule has 182 valence electrons. The number of non-ortho nitro benzene ring substituents is 1. The summed E-state index contributed by atoms with van der Waals surface area (Å²) in [6, 6.07) is 10.8. The van der Waals surface area contributed by atoms with Crippen LogP contribution in [-0.4, -0.2) is 61.0 Å². The number of nitrogens with one attached hydrogen (secondary N) is 1. The van der Waals surface area contributed by atoms with Gasteiger partial charge >= 0.3 is 0 Å². The average Bonchev–Trinajstić information content (AvgIpc) is 2.82. The van der Waals surface area contributed by atoms with Gasteiger partial charge in [-0.05, 0) is 23.6 Å². The number of anilines is 1. The van der Waals surface area contributed by atoms with Crippen molar-refractivity contribution >= 4 is 34.8 Å². The second-order valence-electron chi connectivity index (χ2n) is 8.54. The molecule has 1 heterocycles. The molecule has 0 aliphatic carbocycles. The number of carbonyl (C=O) groups excluding carboxylic acids is 2. The van der Waals surface area contributed by atoms with E-state index >= 15 is 0 Å². The first-order valence-corrected chi connectivity index (χ1v) is 11.5. The number of hydrogen-bond donors (Lipinski definition) is 1. The van der Waals surface area contributed by atoms with Crippen LogP contribution in [0.2, 0.25) is 5.02 Å². The third-order valence-corrected chi connectivity index (χ3v) is 6.07. The zero-order valence-electron chi connectivity index (χ0n) is 19.5. The minimum absolute atomic E-state index is 0.0468. The Labute approximate surface area is 203 Å². The van der Waals surface area contributed by atoms with Crippen LogP contribution in [-0.2, 0) is 16.1 Å². The summed E-state index contributed by atoms with van der Waals surface area (Å²) in [4.78, 5) is 40.4. The Morgan fingerprint density at radius 3 is 2.50 bits per heavy atom. The Balaban J connectivity index is 1.74. The fourth-order valence-electron chi connectivity index (χ4n) is 3.86. The molecule has 1 aliphatic heterocycles. The first kappa shape index (κ1) is 25.5. The third-order valence-electron chi connectivity index (χ3n) is 5.75. The summed E-state index contributed by atoms with van der Waals surface area (Å²) in [5, 5.41) is 13.6. The number of carbonyl (C=O) groups is 2. The van der Waals surface area contributed by atoms with Gasteiger partial charge in [0, 0.05) is 44.5 Å². The minimum Gasteiger partial charge on any atom is -0.378 e. The van der Waals surface area contributed by atoms with Gasteiger partial charge in [0.1, 0.15) is 6.04 Å². The van der Waals surface area contributed by atoms with E-state index in [0.29, 0.717) is 19.8 Å². The van der Waals surface area contributed by atoms with Crippen LogP contribution in [0.15, 0.2) is 42.5 Å². The molecule has 0 bridgehead atoms. The van der Waals surface area contributed by atoms with E-state index in [1.807, 2.05) is 38.1 Å². The van der Waals surface area contributed by atoms with Crippen LogP contribution in [0.4, 0.5) is 11.4 Å². The Bertz CT molecular complexity index is 1060. The molecule has 2 aromatic carbocycles. The predicted octanol–water partition coefficient (Wildman–Crippen LogP) is 3.50. The Hall–Kier alpha value is -3.17. The first-order valence-electron chi connectivity index (χ1n) is 11.1. The topological polar surface area (TPSA) is 105 Å². The Morgan fingerprint density at radius 1 is 1.21 bits per heavy atom. The normalized spacial score (nSPS) is 14.6. The number of nitro groups is 1. The van der Waals surface area contributed by atoms with Crippen molar-refractivity contribution in [2.24, 2.45) is 5.92 Å². The van der Waals surface area contributed by atoms with Crippen LogP contribution >= 0.6 is 11.6 Å². The number of rotatable bonds is 8. The number of benzene rings is 2. The smallest absolute Gasteiger partial charge is 0.270 e. The van der Waals surface area contributed by atoms with Crippen molar-refractivity contribution in [2.75, 3.05) is 38.3 Å². The summed E-state index contributed by atoms with van der Waals surface area (Å²) in [6.07, 6.45) is 0. The predicted molar refractivity (Wildman–Crippen MR) is 130 cm³/mol. The molecule has 0 radical (unpaired) electrons. The highest BCUT2D eigenvalue weighted by molar-refractivity contribution is 6.34. The lowest BCUT2D eigenvalue weighted by molar-refractivity contribution is -0.384. The molecule has 1 saturated heterocycles. The molecular weight excluding hydrogens is 460 g/mol. The van der Waals surface area contributed by atoms with Gasteiger partial charge < -0.3 is 19.9 Å². The molecule has 0 unspecified atom stereocenters. The van der Waals surface area contributed by atoms with Gasteiger partial charge in [0.05, 0.1) is 28.7 Å². The number of nitro benzene ring substituents is 1. The van der Waals surface area contributed by atoms with Gasteiger partial charge in [-0.3, -0.25) is 19.7 Å². The summed E-state index contributed by atoms with van der Waals surface area (Å²) in [6.45, 7) is 6.96. The van der Waals surface area contributed by atoms with E-state index in [2.05, 4.69) is 10.2 Å². The number of ether oxygens (including phenoxy) is 1. The van der Waals surface area contributed by atoms with Gasteiger partial charge in [0.2, 0.25) is 5.91 Å². The van der Waals surface area contributed by atoms with Crippen molar-refractivity contribution in [3.05, 3.63) is 68.7 Å². The lowest BCUT2D eigenvalue weighted by Crippen LogP contribution is -2.50. The summed E-state index contributed by atoms with van der Waals surface area (Å²) >= 11 is 6.10. The van der Waals surface area contributed by atoms with E-state index in [0.717, 1.165) is 30.4 Å². The molecular formula is C24H29ClN4O5. The van der Waals surface area contributed by atoms with Gasteiger partial charge in [0.15, 0.2) is 0 Å². The van der Waals surface area contributed by atoms with E-state index < -0.39 is 16.9 Å². The summed E-state index contributed by atoms with van der Waals surface area (Å²) in [5.41, 5.74) is 1.93. The fourth-order valence-corrected chi connectivity index (χ4v) is 4.12. The number of morpholine rings is 1. The van der Waals surface area contributed by atoms with Gasteiger partial charge in [-0.25, -0.2) is 0 Å². The number of likely N-dealkylation sites (N-methyl/N-ethyl adjacent to an activating group) is 1. The van der Waals surface area contributed by atoms with Gasteiger partial charge in [0.25, 0.3) is 11.6 Å². The molecule has 2 amide bonds. The maximum Gasteiger partial charge on any atom is 0.270 e. The number of amides is 2. The number of hydrogen-bond acceptors (Lipinski definition) is 6. The molecule has 0 aromatic heterocycles. The number of para-hydroxylation sites is 1. The van der Waals surface area contributed by atoms with Crippen molar-refractivity contribution < 1.29 is 19.2 Å². The van der Waals surface area contributed by atoms with Crippen molar-refractivity contribution in [1.29, 1.82) is 0 Å². The first-order chi connectivity index (χ1) is 16.2. The van der Waals surface area contributed by atoms with Crippen molar-refractivity contribution in [3.63, 3.8) is 0 Å². The Kier molecular flexibility index (Phi) is 8.46. The van der Waals surface area contributed by atoms with Crippen molar-refractivity contribution in [1.82, 2.24) is 10.2 Å². The summed E-state index contributed by atoms with van der Waals surface area (Å²) in [7, 11) is 1.71. The van der Waals surface area contributed by atoms with Gasteiger partial charge in [-0.1, -0.05) is 43.6 Å². The van der Waals surface area contributed by atoms with E-state index in [4.69, 9.17) is 16.3 Å². The maximum absolute atomic E-state index is 13.3. The zero-order chi connectivity index (χ0) is 24.8. The van der Waals surface area contributed by atoms with E-state index in [-0.39, 0.29) is 28.1 Å². The van der Waals surface area contributed by atoms with Crippen molar-refractivity contribution in [3.8, 4) is 0 Å². The van der Waals surface area contributed by atoms with Crippen molar-refractivity contribution in [2.45, 2.75) is 26.4 Å². The molecule has 1 aliphatic rings. The van der Waals surface area contributed by atoms with Crippen LogP contribution < -0.4 is 10.2 Å². The lowest BCUT2D eigenvalue weighted by atomic mass is 10.0. The minimum atomic E-state index is -0.792. The average molecular weight is 489 g/mol. The number of halogens is 1. The molecule has 0 spiro atoms. The van der Waals surface area contributed by atoms with Crippen LogP contribution in [0.5, 0.6) is 0 Å². The van der Waals surface area contributed by atoms with Crippen LogP contribution in [0, 0.1) is 16.0 Å².